The predicted octanol–water partition coefficient (Wildman–Crippen LogP) is 2.83. The van der Waals surface area contributed by atoms with Gasteiger partial charge < -0.3 is 0 Å². The maximum absolute atomic E-state index is 12.8. The van der Waals surface area contributed by atoms with Gasteiger partial charge in [-0.1, -0.05) is 19.3 Å². The molecular weight excluding hydrogens is 131 g/mol. The molecule has 1 radical (unpaired) electrons. The highest BCUT2D eigenvalue weighted by Gasteiger charge is 2.27. The van der Waals surface area contributed by atoms with Gasteiger partial charge in [-0.05, 0) is 12.8 Å². The lowest BCUT2D eigenvalue weighted by Crippen LogP contribution is -2.20. The fourth-order valence-electron chi connectivity index (χ4n) is 1.43. The zero-order valence-electron chi connectivity index (χ0n) is 6.24. The van der Waals surface area contributed by atoms with Crippen LogP contribution in [0.4, 0.5) is 4.39 Å². The molecule has 2 heteroatoms. The first kappa shape index (κ1) is 7.99. The lowest BCUT2D eigenvalue weighted by atomic mass is 9.97. The Morgan fingerprint density at radius 3 is 1.80 bits per heavy atom. The summed E-state index contributed by atoms with van der Waals surface area (Å²) < 4.78 is 12.8. The molecule has 1 fully saturated rings. The van der Waals surface area contributed by atoms with Gasteiger partial charge in [0, 0.05) is 12.8 Å². The van der Waals surface area contributed by atoms with E-state index in [1.54, 1.807) is 0 Å². The highest BCUT2D eigenvalue weighted by Crippen LogP contribution is 2.27. The summed E-state index contributed by atoms with van der Waals surface area (Å²) in [7, 11) is 0. The second kappa shape index (κ2) is 3.33. The second-order valence-corrected chi connectivity index (χ2v) is 3.15. The number of hydrogen-bond donors (Lipinski definition) is 0. The van der Waals surface area contributed by atoms with Crippen molar-refractivity contribution in [1.82, 2.24) is 0 Å². The molecule has 1 aliphatic carbocycles. The summed E-state index contributed by atoms with van der Waals surface area (Å²) in [5.41, 5.74) is 0. The fraction of sp³-hybridized carbons (Fsp3) is 1.00. The van der Waals surface area contributed by atoms with Crippen LogP contribution in [0.1, 0.15) is 44.9 Å². The first-order chi connectivity index (χ1) is 4.71. The molecule has 1 nitrogen and oxygen atoms in total. The lowest BCUT2D eigenvalue weighted by molar-refractivity contribution is -0.156. The van der Waals surface area contributed by atoms with Gasteiger partial charge in [0.05, 0.1) is 0 Å². The van der Waals surface area contributed by atoms with Crippen molar-refractivity contribution in [3.63, 3.8) is 0 Å². The third-order valence-electron chi connectivity index (χ3n) is 2.10. The Hall–Kier alpha value is -0.110. The van der Waals surface area contributed by atoms with Gasteiger partial charge in [-0.3, -0.25) is 0 Å². The molecule has 0 bridgehead atoms. The monoisotopic (exact) mass is 145 g/mol. The van der Waals surface area contributed by atoms with E-state index < -0.39 is 5.85 Å². The van der Waals surface area contributed by atoms with Crippen molar-refractivity contribution >= 4 is 0 Å². The lowest BCUT2D eigenvalue weighted by Gasteiger charge is -2.18. The van der Waals surface area contributed by atoms with Crippen LogP contribution in [0.25, 0.3) is 0 Å². The molecule has 0 aromatic heterocycles. The highest BCUT2D eigenvalue weighted by molar-refractivity contribution is 4.67. The van der Waals surface area contributed by atoms with Gasteiger partial charge in [-0.2, -0.15) is 5.11 Å². The Bertz CT molecular complexity index is 91.4. The van der Waals surface area contributed by atoms with Gasteiger partial charge in [-0.15, -0.1) is 0 Å². The normalized spacial score (nSPS) is 27.0. The minimum Gasteiger partial charge on any atom is -0.209 e. The van der Waals surface area contributed by atoms with Crippen LogP contribution in [0, 0.1) is 0 Å². The number of halogens is 1. The molecule has 0 aromatic carbocycles. The average Bonchev–Trinajstić information content (AvgIpc) is 1.81. The number of rotatable bonds is 0. The Morgan fingerprint density at radius 2 is 1.30 bits per heavy atom. The van der Waals surface area contributed by atoms with E-state index in [1.165, 1.54) is 6.42 Å². The van der Waals surface area contributed by atoms with E-state index in [-0.39, 0.29) is 12.8 Å². The van der Waals surface area contributed by atoms with Crippen molar-refractivity contribution in [2.75, 3.05) is 0 Å². The van der Waals surface area contributed by atoms with Gasteiger partial charge in [0.15, 0.2) is 0 Å². The van der Waals surface area contributed by atoms with Crippen LogP contribution in [0.2, 0.25) is 0 Å². The summed E-state index contributed by atoms with van der Waals surface area (Å²) in [5.74, 6) is -2.10. The van der Waals surface area contributed by atoms with Crippen LogP contribution >= 0.6 is 0 Å². The van der Waals surface area contributed by atoms with E-state index in [0.717, 1.165) is 25.7 Å². The molecule has 1 saturated carbocycles. The summed E-state index contributed by atoms with van der Waals surface area (Å²) in [6.07, 6.45) is 5.26. The van der Waals surface area contributed by atoms with E-state index in [0.29, 0.717) is 0 Å². The molecule has 0 heterocycles. The van der Waals surface area contributed by atoms with Crippen LogP contribution in [-0.2, 0) is 5.11 Å². The van der Waals surface area contributed by atoms with Gasteiger partial charge >= 0.3 is 0 Å². The van der Waals surface area contributed by atoms with E-state index in [1.807, 2.05) is 0 Å². The first-order valence-corrected chi connectivity index (χ1v) is 4.10. The fourth-order valence-corrected chi connectivity index (χ4v) is 1.43. The van der Waals surface area contributed by atoms with Crippen LogP contribution in [0.5, 0.6) is 0 Å². The number of hydrogen-bond acceptors (Lipinski definition) is 0. The third-order valence-corrected chi connectivity index (χ3v) is 2.10. The molecule has 10 heavy (non-hydrogen) atoms. The standard InChI is InChI=1S/C8H14FO/c9-8(10)6-4-2-1-3-5-7-8/h1-7H2. The van der Waals surface area contributed by atoms with Crippen molar-refractivity contribution in [3.05, 3.63) is 0 Å². The van der Waals surface area contributed by atoms with Crippen LogP contribution in [-0.4, -0.2) is 5.85 Å². The minimum absolute atomic E-state index is 0.229. The minimum atomic E-state index is -2.10. The molecule has 0 N–H and O–H groups in total. The van der Waals surface area contributed by atoms with Crippen molar-refractivity contribution in [1.29, 1.82) is 0 Å². The highest BCUT2D eigenvalue weighted by atomic mass is 19.2. The predicted molar refractivity (Wildman–Crippen MR) is 36.8 cm³/mol. The molecule has 0 atom stereocenters. The Labute approximate surface area is 61.2 Å². The molecule has 0 aromatic rings. The first-order valence-electron chi connectivity index (χ1n) is 4.10. The molecule has 0 saturated heterocycles. The van der Waals surface area contributed by atoms with E-state index >= 15 is 0 Å². The molecule has 0 amide bonds. The van der Waals surface area contributed by atoms with E-state index in [4.69, 9.17) is 0 Å². The zero-order valence-corrected chi connectivity index (χ0v) is 6.24. The van der Waals surface area contributed by atoms with Crippen molar-refractivity contribution in [3.8, 4) is 0 Å². The third kappa shape index (κ3) is 2.65. The topological polar surface area (TPSA) is 19.9 Å². The average molecular weight is 145 g/mol. The smallest absolute Gasteiger partial charge is 0.209 e. The molecule has 1 aliphatic rings. The zero-order chi connectivity index (χ0) is 7.45. The van der Waals surface area contributed by atoms with Crippen molar-refractivity contribution in [2.24, 2.45) is 0 Å². The summed E-state index contributed by atoms with van der Waals surface area (Å²) in [5, 5.41) is 10.8. The summed E-state index contributed by atoms with van der Waals surface area (Å²) in [4.78, 5) is 0. The van der Waals surface area contributed by atoms with Crippen LogP contribution in [0.15, 0.2) is 0 Å². The molecule has 0 spiro atoms. The Balaban J connectivity index is 2.30. The molecule has 59 valence electrons. The summed E-state index contributed by atoms with van der Waals surface area (Å²) in [6, 6.07) is 0. The molecule has 0 aliphatic heterocycles. The number of alkyl halides is 1. The van der Waals surface area contributed by atoms with E-state index in [9.17, 15) is 9.50 Å². The van der Waals surface area contributed by atoms with Gasteiger partial charge in [0.2, 0.25) is 5.85 Å². The van der Waals surface area contributed by atoms with Crippen molar-refractivity contribution < 1.29 is 9.50 Å². The van der Waals surface area contributed by atoms with Gasteiger partial charge in [-0.25, -0.2) is 4.39 Å². The molecule has 1 rings (SSSR count). The van der Waals surface area contributed by atoms with Crippen LogP contribution < -0.4 is 0 Å². The Kier molecular flexibility index (Phi) is 2.66. The maximum atomic E-state index is 12.8. The second-order valence-electron chi connectivity index (χ2n) is 3.15. The molecule has 0 unspecified atom stereocenters. The summed E-state index contributed by atoms with van der Waals surface area (Å²) >= 11 is 0. The maximum Gasteiger partial charge on any atom is 0.241 e. The quantitative estimate of drug-likeness (QED) is 0.499. The Morgan fingerprint density at radius 1 is 0.900 bits per heavy atom. The SMILES string of the molecule is [O]C1(F)CCCCCCC1. The van der Waals surface area contributed by atoms with E-state index in [2.05, 4.69) is 0 Å². The van der Waals surface area contributed by atoms with Gasteiger partial charge in [0.1, 0.15) is 0 Å². The van der Waals surface area contributed by atoms with Gasteiger partial charge in [0.25, 0.3) is 0 Å². The largest absolute Gasteiger partial charge is 0.241 e. The van der Waals surface area contributed by atoms with Crippen molar-refractivity contribution in [2.45, 2.75) is 50.8 Å². The van der Waals surface area contributed by atoms with Crippen LogP contribution in [0.3, 0.4) is 0 Å². The summed E-state index contributed by atoms with van der Waals surface area (Å²) in [6.45, 7) is 0. The molecular formula is C8H14FO.